The first kappa shape index (κ1) is 11.4. The van der Waals surface area contributed by atoms with Crippen LogP contribution in [0, 0.1) is 0 Å². The van der Waals surface area contributed by atoms with Crippen LogP contribution in [0.2, 0.25) is 0 Å². The minimum Gasteiger partial charge on any atom is -0.334 e. The molecule has 0 saturated carbocycles. The summed E-state index contributed by atoms with van der Waals surface area (Å²) in [5, 5.41) is 3.41. The number of allylic oxidation sites excluding steroid dienone is 2. The van der Waals surface area contributed by atoms with Crippen molar-refractivity contribution in [2.45, 2.75) is 38.6 Å². The first-order valence-electron chi connectivity index (χ1n) is 6.23. The van der Waals surface area contributed by atoms with Gasteiger partial charge >= 0.3 is 0 Å². The lowest BCUT2D eigenvalue weighted by molar-refractivity contribution is 0.439. The monoisotopic (exact) mass is 219 g/mol. The van der Waals surface area contributed by atoms with E-state index in [2.05, 4.69) is 33.9 Å². The zero-order chi connectivity index (χ0) is 11.2. The fraction of sp³-hybridized carbons (Fsp3) is 0.615. The Morgan fingerprint density at radius 3 is 3.06 bits per heavy atom. The van der Waals surface area contributed by atoms with E-state index in [1.165, 1.54) is 18.5 Å². The third-order valence-electron chi connectivity index (χ3n) is 3.27. The molecule has 0 radical (unpaired) electrons. The highest BCUT2D eigenvalue weighted by Crippen LogP contribution is 2.24. The molecule has 3 nitrogen and oxygen atoms in total. The third kappa shape index (κ3) is 2.73. The predicted molar refractivity (Wildman–Crippen MR) is 66.5 cm³/mol. The summed E-state index contributed by atoms with van der Waals surface area (Å²) in [5.74, 6) is 0.703. The molecule has 0 atom stereocenters. The molecule has 0 aliphatic carbocycles. The number of imidazole rings is 1. The van der Waals surface area contributed by atoms with Crippen LogP contribution in [-0.4, -0.2) is 22.6 Å². The fourth-order valence-corrected chi connectivity index (χ4v) is 2.36. The average Bonchev–Trinajstić information content (AvgIpc) is 2.79. The molecule has 1 saturated heterocycles. The molecule has 1 fully saturated rings. The molecule has 1 N–H and O–H groups in total. The molecule has 1 aromatic heterocycles. The van der Waals surface area contributed by atoms with E-state index >= 15 is 0 Å². The lowest BCUT2D eigenvalue weighted by Crippen LogP contribution is -2.27. The number of nitrogens with one attached hydrogen (secondary N) is 1. The highest BCUT2D eigenvalue weighted by Gasteiger charge is 2.18. The maximum atomic E-state index is 4.29. The van der Waals surface area contributed by atoms with Gasteiger partial charge in [-0.2, -0.15) is 0 Å². The molecule has 2 heterocycles. The molecule has 0 amide bonds. The van der Waals surface area contributed by atoms with Crippen molar-refractivity contribution in [2.75, 3.05) is 13.1 Å². The summed E-state index contributed by atoms with van der Waals surface area (Å²) in [4.78, 5) is 4.29. The van der Waals surface area contributed by atoms with Crippen molar-refractivity contribution in [1.82, 2.24) is 14.9 Å². The SMILES string of the molecule is C/C=C/CCn1cncc1C1CCNCC1. The number of aromatic nitrogens is 2. The van der Waals surface area contributed by atoms with Gasteiger partial charge in [-0.25, -0.2) is 4.98 Å². The molecule has 3 heteroatoms. The van der Waals surface area contributed by atoms with E-state index < -0.39 is 0 Å². The van der Waals surface area contributed by atoms with Crippen molar-refractivity contribution >= 4 is 0 Å². The average molecular weight is 219 g/mol. The largest absolute Gasteiger partial charge is 0.334 e. The Morgan fingerprint density at radius 2 is 2.31 bits per heavy atom. The number of hydrogen-bond acceptors (Lipinski definition) is 2. The molecule has 0 unspecified atom stereocenters. The van der Waals surface area contributed by atoms with Crippen molar-refractivity contribution < 1.29 is 0 Å². The van der Waals surface area contributed by atoms with Gasteiger partial charge in [-0.1, -0.05) is 12.2 Å². The minimum absolute atomic E-state index is 0.703. The third-order valence-corrected chi connectivity index (χ3v) is 3.27. The van der Waals surface area contributed by atoms with Gasteiger partial charge < -0.3 is 9.88 Å². The van der Waals surface area contributed by atoms with Gasteiger partial charge in [0.15, 0.2) is 0 Å². The topological polar surface area (TPSA) is 29.9 Å². The van der Waals surface area contributed by atoms with E-state index in [9.17, 15) is 0 Å². The molecule has 1 aliphatic rings. The van der Waals surface area contributed by atoms with E-state index in [0.717, 1.165) is 26.1 Å². The van der Waals surface area contributed by atoms with Crippen LogP contribution in [0.15, 0.2) is 24.7 Å². The Labute approximate surface area is 97.6 Å². The first-order chi connectivity index (χ1) is 7.92. The molecule has 2 rings (SSSR count). The van der Waals surface area contributed by atoms with Gasteiger partial charge in [0.2, 0.25) is 0 Å². The first-order valence-corrected chi connectivity index (χ1v) is 6.23. The van der Waals surface area contributed by atoms with Crippen LogP contribution in [-0.2, 0) is 6.54 Å². The van der Waals surface area contributed by atoms with Gasteiger partial charge in [-0.3, -0.25) is 0 Å². The van der Waals surface area contributed by atoms with Crippen LogP contribution in [0.25, 0.3) is 0 Å². The Kier molecular flexibility index (Phi) is 4.17. The van der Waals surface area contributed by atoms with Crippen molar-refractivity contribution in [3.05, 3.63) is 30.4 Å². The number of aryl methyl sites for hydroxylation is 1. The summed E-state index contributed by atoms with van der Waals surface area (Å²) >= 11 is 0. The Bertz CT molecular complexity index is 335. The predicted octanol–water partition coefficient (Wildman–Crippen LogP) is 2.32. The molecule has 1 aliphatic heterocycles. The maximum Gasteiger partial charge on any atom is 0.0948 e. The molecule has 0 aromatic carbocycles. The molecule has 0 bridgehead atoms. The van der Waals surface area contributed by atoms with Crippen molar-refractivity contribution in [1.29, 1.82) is 0 Å². The molecule has 16 heavy (non-hydrogen) atoms. The van der Waals surface area contributed by atoms with E-state index in [-0.39, 0.29) is 0 Å². The number of rotatable bonds is 4. The van der Waals surface area contributed by atoms with Crippen molar-refractivity contribution in [3.8, 4) is 0 Å². The summed E-state index contributed by atoms with van der Waals surface area (Å²) < 4.78 is 2.32. The summed E-state index contributed by atoms with van der Waals surface area (Å²) in [5.41, 5.74) is 1.42. The van der Waals surface area contributed by atoms with Crippen LogP contribution >= 0.6 is 0 Å². The highest BCUT2D eigenvalue weighted by atomic mass is 15.0. The second kappa shape index (κ2) is 5.85. The molecule has 1 aromatic rings. The van der Waals surface area contributed by atoms with Crippen LogP contribution in [0.3, 0.4) is 0 Å². The number of hydrogen-bond donors (Lipinski definition) is 1. The van der Waals surface area contributed by atoms with E-state index in [0.29, 0.717) is 5.92 Å². The van der Waals surface area contributed by atoms with E-state index in [4.69, 9.17) is 0 Å². The minimum atomic E-state index is 0.703. The normalized spacial score (nSPS) is 18.3. The zero-order valence-electron chi connectivity index (χ0n) is 10.0. The van der Waals surface area contributed by atoms with Crippen LogP contribution in [0.5, 0.6) is 0 Å². The Balaban J connectivity index is 1.99. The van der Waals surface area contributed by atoms with Crippen molar-refractivity contribution in [3.63, 3.8) is 0 Å². The van der Waals surface area contributed by atoms with E-state index in [1.807, 2.05) is 12.5 Å². The van der Waals surface area contributed by atoms with Gasteiger partial charge in [0.05, 0.1) is 6.33 Å². The summed E-state index contributed by atoms with van der Waals surface area (Å²) in [7, 11) is 0. The molecular formula is C13H21N3. The number of piperidine rings is 1. The summed E-state index contributed by atoms with van der Waals surface area (Å²) in [6.07, 6.45) is 11.9. The second-order valence-corrected chi connectivity index (χ2v) is 4.39. The number of nitrogens with zero attached hydrogens (tertiary/aromatic N) is 2. The maximum absolute atomic E-state index is 4.29. The second-order valence-electron chi connectivity index (χ2n) is 4.39. The van der Waals surface area contributed by atoms with Gasteiger partial charge in [-0.05, 0) is 39.3 Å². The smallest absolute Gasteiger partial charge is 0.0948 e. The van der Waals surface area contributed by atoms with Crippen LogP contribution < -0.4 is 5.32 Å². The fourth-order valence-electron chi connectivity index (χ4n) is 2.36. The van der Waals surface area contributed by atoms with Gasteiger partial charge in [-0.15, -0.1) is 0 Å². The van der Waals surface area contributed by atoms with E-state index in [1.54, 1.807) is 0 Å². The quantitative estimate of drug-likeness (QED) is 0.788. The standard InChI is InChI=1S/C13H21N3/c1-2-3-4-9-16-11-15-10-13(16)12-5-7-14-8-6-12/h2-3,10-12,14H,4-9H2,1H3/b3-2+. The Morgan fingerprint density at radius 1 is 1.50 bits per heavy atom. The molecule has 88 valence electrons. The zero-order valence-corrected chi connectivity index (χ0v) is 10.0. The van der Waals surface area contributed by atoms with Gasteiger partial charge in [0.1, 0.15) is 0 Å². The van der Waals surface area contributed by atoms with Crippen LogP contribution in [0.4, 0.5) is 0 Å². The van der Waals surface area contributed by atoms with Gasteiger partial charge in [0.25, 0.3) is 0 Å². The highest BCUT2D eigenvalue weighted by molar-refractivity contribution is 5.08. The summed E-state index contributed by atoms with van der Waals surface area (Å²) in [6.45, 7) is 5.42. The van der Waals surface area contributed by atoms with Crippen LogP contribution in [0.1, 0.15) is 37.8 Å². The Hall–Kier alpha value is -1.09. The lowest BCUT2D eigenvalue weighted by Gasteiger charge is -2.23. The molecule has 0 spiro atoms. The molecular weight excluding hydrogens is 198 g/mol. The van der Waals surface area contributed by atoms with Crippen molar-refractivity contribution in [2.24, 2.45) is 0 Å². The lowest BCUT2D eigenvalue weighted by atomic mass is 9.95. The summed E-state index contributed by atoms with van der Waals surface area (Å²) in [6, 6.07) is 0. The van der Waals surface area contributed by atoms with Gasteiger partial charge in [0, 0.05) is 24.4 Å².